The molecule has 5 heteroatoms. The summed E-state index contributed by atoms with van der Waals surface area (Å²) in [6.45, 7) is 5.21. The molecule has 1 N–H and O–H groups in total. The van der Waals surface area contributed by atoms with Gasteiger partial charge in [0, 0.05) is 6.54 Å². The normalized spacial score (nSPS) is 10.7. The van der Waals surface area contributed by atoms with Crippen LogP contribution in [-0.2, 0) is 14.6 Å². The van der Waals surface area contributed by atoms with Crippen molar-refractivity contribution in [3.05, 3.63) is 0 Å². The molecule has 0 aromatic carbocycles. The predicted molar refractivity (Wildman–Crippen MR) is 44.5 cm³/mol. The van der Waals surface area contributed by atoms with E-state index in [-0.39, 0.29) is 13.0 Å². The molecule has 0 unspecified atom stereocenters. The van der Waals surface area contributed by atoms with Gasteiger partial charge in [0.2, 0.25) is 0 Å². The minimum Gasteiger partial charge on any atom is -0.444 e. The Kier molecular flexibility index (Phi) is 4.23. The number of nitrogens with one attached hydrogen (secondary N) is 1. The van der Waals surface area contributed by atoms with E-state index >= 15 is 0 Å². The van der Waals surface area contributed by atoms with Crippen LogP contribution in [0.5, 0.6) is 0 Å². The van der Waals surface area contributed by atoms with E-state index in [2.05, 4.69) is 5.32 Å². The van der Waals surface area contributed by atoms with E-state index in [1.807, 2.05) is 0 Å². The summed E-state index contributed by atoms with van der Waals surface area (Å²) < 4.78 is 4.86. The number of carbonyl (C=O) groups is 2. The van der Waals surface area contributed by atoms with Crippen LogP contribution in [0.4, 0.5) is 4.79 Å². The van der Waals surface area contributed by atoms with E-state index in [0.29, 0.717) is 0 Å². The molecule has 0 fully saturated rings. The largest absolute Gasteiger partial charge is 0.444 e. The molecule has 0 bridgehead atoms. The SMILES string of the molecule is CC(C)(C)OC(=O)NCCC([O])=O. The Morgan fingerprint density at radius 3 is 2.23 bits per heavy atom. The van der Waals surface area contributed by atoms with Crippen LogP contribution in [0.15, 0.2) is 0 Å². The van der Waals surface area contributed by atoms with Crippen molar-refractivity contribution in [1.82, 2.24) is 5.32 Å². The van der Waals surface area contributed by atoms with Gasteiger partial charge < -0.3 is 10.1 Å². The first-order chi connectivity index (χ1) is 5.81. The maximum Gasteiger partial charge on any atom is 0.407 e. The van der Waals surface area contributed by atoms with Gasteiger partial charge in [0.25, 0.3) is 0 Å². The lowest BCUT2D eigenvalue weighted by Crippen LogP contribution is -2.33. The maximum atomic E-state index is 10.9. The van der Waals surface area contributed by atoms with Crippen molar-refractivity contribution in [2.75, 3.05) is 6.54 Å². The molecular weight excluding hydrogens is 174 g/mol. The highest BCUT2D eigenvalue weighted by Gasteiger charge is 2.15. The van der Waals surface area contributed by atoms with E-state index in [1.54, 1.807) is 20.8 Å². The van der Waals surface area contributed by atoms with Crippen LogP contribution in [0, 0.1) is 0 Å². The van der Waals surface area contributed by atoms with Gasteiger partial charge in [-0.1, -0.05) is 0 Å². The first kappa shape index (κ1) is 11.7. The molecule has 1 radical (unpaired) electrons. The third-order valence-corrected chi connectivity index (χ3v) is 0.997. The lowest BCUT2D eigenvalue weighted by atomic mass is 10.2. The van der Waals surface area contributed by atoms with Crippen LogP contribution >= 0.6 is 0 Å². The second-order valence-electron chi connectivity index (χ2n) is 3.55. The van der Waals surface area contributed by atoms with Gasteiger partial charge >= 0.3 is 12.1 Å². The Labute approximate surface area is 77.1 Å². The summed E-state index contributed by atoms with van der Waals surface area (Å²) in [4.78, 5) is 20.9. The van der Waals surface area contributed by atoms with Gasteiger partial charge in [0.15, 0.2) is 0 Å². The van der Waals surface area contributed by atoms with Gasteiger partial charge in [-0.05, 0) is 20.8 Å². The van der Waals surface area contributed by atoms with Gasteiger partial charge in [0.05, 0.1) is 6.42 Å². The van der Waals surface area contributed by atoms with E-state index in [9.17, 15) is 14.7 Å². The Morgan fingerprint density at radius 1 is 1.31 bits per heavy atom. The van der Waals surface area contributed by atoms with E-state index < -0.39 is 17.7 Å². The van der Waals surface area contributed by atoms with Gasteiger partial charge in [-0.15, -0.1) is 0 Å². The average Bonchev–Trinajstić information content (AvgIpc) is 1.81. The zero-order valence-electron chi connectivity index (χ0n) is 8.05. The second-order valence-corrected chi connectivity index (χ2v) is 3.55. The van der Waals surface area contributed by atoms with Gasteiger partial charge in [-0.3, -0.25) is 0 Å². The monoisotopic (exact) mass is 188 g/mol. The fraction of sp³-hybridized carbons (Fsp3) is 0.750. The van der Waals surface area contributed by atoms with Gasteiger partial charge in [-0.25, -0.2) is 14.7 Å². The van der Waals surface area contributed by atoms with Crippen molar-refractivity contribution in [2.24, 2.45) is 0 Å². The fourth-order valence-corrected chi connectivity index (χ4v) is 0.581. The number of carbonyl (C=O) groups excluding carboxylic acids is 2. The number of hydrogen-bond donors (Lipinski definition) is 1. The zero-order valence-corrected chi connectivity index (χ0v) is 8.05. The maximum absolute atomic E-state index is 10.9. The smallest absolute Gasteiger partial charge is 0.407 e. The van der Waals surface area contributed by atoms with Crippen LogP contribution in [0.1, 0.15) is 27.2 Å². The van der Waals surface area contributed by atoms with Crippen LogP contribution in [0.25, 0.3) is 0 Å². The highest BCUT2D eigenvalue weighted by molar-refractivity contribution is 5.70. The lowest BCUT2D eigenvalue weighted by molar-refractivity contribution is -0.142. The average molecular weight is 188 g/mol. The molecule has 0 aliphatic rings. The van der Waals surface area contributed by atoms with Crippen LogP contribution in [0.3, 0.4) is 0 Å². The molecule has 0 aromatic rings. The van der Waals surface area contributed by atoms with Crippen LogP contribution in [-0.4, -0.2) is 24.2 Å². The van der Waals surface area contributed by atoms with Gasteiger partial charge in [0.1, 0.15) is 5.60 Å². The molecule has 0 heterocycles. The molecule has 0 aromatic heterocycles. The molecule has 0 atom stereocenters. The number of ether oxygens (including phenoxy) is 1. The molecule has 5 nitrogen and oxygen atoms in total. The van der Waals surface area contributed by atoms with E-state index in [1.165, 1.54) is 0 Å². The summed E-state index contributed by atoms with van der Waals surface area (Å²) in [7, 11) is 0. The zero-order chi connectivity index (χ0) is 10.5. The number of hydrogen-bond acceptors (Lipinski definition) is 3. The van der Waals surface area contributed by atoms with Crippen molar-refractivity contribution in [3.63, 3.8) is 0 Å². The summed E-state index contributed by atoms with van der Waals surface area (Å²) in [5, 5.41) is 12.3. The molecule has 13 heavy (non-hydrogen) atoms. The minimum absolute atomic E-state index is 0.0250. The van der Waals surface area contributed by atoms with Crippen LogP contribution < -0.4 is 5.32 Å². The van der Waals surface area contributed by atoms with Crippen molar-refractivity contribution in [3.8, 4) is 0 Å². The molecule has 0 saturated heterocycles. The predicted octanol–water partition coefficient (Wildman–Crippen LogP) is 0.858. The summed E-state index contributed by atoms with van der Waals surface area (Å²) >= 11 is 0. The summed E-state index contributed by atoms with van der Waals surface area (Å²) in [6.07, 6.45) is -0.826. The van der Waals surface area contributed by atoms with Crippen molar-refractivity contribution < 1.29 is 19.4 Å². The molecular formula is C8H14NO4. The third kappa shape index (κ3) is 8.65. The Bertz CT molecular complexity index is 195. The van der Waals surface area contributed by atoms with Crippen LogP contribution in [0.2, 0.25) is 0 Å². The fourth-order valence-electron chi connectivity index (χ4n) is 0.581. The highest BCUT2D eigenvalue weighted by atomic mass is 16.6. The number of amides is 1. The van der Waals surface area contributed by atoms with Crippen molar-refractivity contribution in [2.45, 2.75) is 32.8 Å². The highest BCUT2D eigenvalue weighted by Crippen LogP contribution is 2.06. The molecule has 0 saturated carbocycles. The second kappa shape index (κ2) is 4.69. The summed E-state index contributed by atoms with van der Waals surface area (Å²) in [5.41, 5.74) is -0.564. The summed E-state index contributed by atoms with van der Waals surface area (Å²) in [5.74, 6) is -1.20. The number of rotatable bonds is 3. The molecule has 0 aliphatic carbocycles. The quantitative estimate of drug-likeness (QED) is 0.713. The van der Waals surface area contributed by atoms with E-state index in [4.69, 9.17) is 4.74 Å². The molecule has 1 amide bonds. The van der Waals surface area contributed by atoms with Gasteiger partial charge in [-0.2, -0.15) is 0 Å². The molecule has 75 valence electrons. The number of alkyl carbamates (subject to hydrolysis) is 1. The molecule has 0 aliphatic heterocycles. The lowest BCUT2D eigenvalue weighted by Gasteiger charge is -2.19. The standard InChI is InChI=1S/C8H14NO4/c1-8(2,3)13-7(12)9-5-4-6(10)11/h4-5H2,1-3H3,(H,9,12). The Balaban J connectivity index is 3.59. The summed E-state index contributed by atoms with van der Waals surface area (Å²) in [6, 6.07) is 0. The first-order valence-corrected chi connectivity index (χ1v) is 3.98. The van der Waals surface area contributed by atoms with E-state index in [0.717, 1.165) is 0 Å². The molecule has 0 spiro atoms. The third-order valence-electron chi connectivity index (χ3n) is 0.997. The van der Waals surface area contributed by atoms with Crippen molar-refractivity contribution in [1.29, 1.82) is 0 Å². The minimum atomic E-state index is -1.20. The Hall–Kier alpha value is -1.26. The Morgan fingerprint density at radius 2 is 1.85 bits per heavy atom. The topological polar surface area (TPSA) is 75.3 Å². The molecule has 0 rings (SSSR count). The van der Waals surface area contributed by atoms with Crippen molar-refractivity contribution >= 4 is 12.1 Å². The first-order valence-electron chi connectivity index (χ1n) is 3.98.